The van der Waals surface area contributed by atoms with Gasteiger partial charge in [0.15, 0.2) is 0 Å². The maximum Gasteiger partial charge on any atom is 0.244 e. The van der Waals surface area contributed by atoms with Crippen molar-refractivity contribution in [2.75, 3.05) is 0 Å². The standard InChI is InChI=1S/C14H26N2O/c1-5-12-15-14(4,6-2)13(17)16(12)10(3)9-11-7-8-11/h10-12,15H,5-9H2,1-4H3. The summed E-state index contributed by atoms with van der Waals surface area (Å²) < 4.78 is 0. The molecule has 98 valence electrons. The lowest BCUT2D eigenvalue weighted by Crippen LogP contribution is -2.44. The Kier molecular flexibility index (Phi) is 3.48. The summed E-state index contributed by atoms with van der Waals surface area (Å²) in [5, 5.41) is 3.52. The molecule has 3 unspecified atom stereocenters. The summed E-state index contributed by atoms with van der Waals surface area (Å²) in [7, 11) is 0. The minimum atomic E-state index is -0.335. The predicted octanol–water partition coefficient (Wildman–Crippen LogP) is 2.51. The van der Waals surface area contributed by atoms with Crippen LogP contribution in [-0.4, -0.2) is 28.6 Å². The maximum absolute atomic E-state index is 12.5. The zero-order valence-electron chi connectivity index (χ0n) is 11.6. The van der Waals surface area contributed by atoms with Gasteiger partial charge in [0.05, 0.1) is 11.7 Å². The van der Waals surface area contributed by atoms with Crippen LogP contribution >= 0.6 is 0 Å². The molecule has 0 radical (unpaired) electrons. The molecule has 0 spiro atoms. The number of carbonyl (C=O) groups excluding carboxylic acids is 1. The van der Waals surface area contributed by atoms with Crippen LogP contribution in [0.1, 0.15) is 59.8 Å². The fourth-order valence-electron chi connectivity index (χ4n) is 2.93. The quantitative estimate of drug-likeness (QED) is 0.798. The molecule has 1 saturated heterocycles. The predicted molar refractivity (Wildman–Crippen MR) is 69.6 cm³/mol. The molecule has 3 atom stereocenters. The smallest absolute Gasteiger partial charge is 0.244 e. The third kappa shape index (κ3) is 2.35. The van der Waals surface area contributed by atoms with Gasteiger partial charge in [-0.3, -0.25) is 10.1 Å². The molecule has 1 amide bonds. The van der Waals surface area contributed by atoms with Gasteiger partial charge in [0.2, 0.25) is 5.91 Å². The van der Waals surface area contributed by atoms with Gasteiger partial charge in [-0.25, -0.2) is 0 Å². The summed E-state index contributed by atoms with van der Waals surface area (Å²) in [6, 6.07) is 0.390. The largest absolute Gasteiger partial charge is 0.323 e. The second kappa shape index (κ2) is 4.60. The van der Waals surface area contributed by atoms with E-state index in [9.17, 15) is 4.79 Å². The molecular formula is C14H26N2O. The number of nitrogens with one attached hydrogen (secondary N) is 1. The van der Waals surface area contributed by atoms with Crippen LogP contribution in [0.5, 0.6) is 0 Å². The van der Waals surface area contributed by atoms with E-state index >= 15 is 0 Å². The Bertz CT molecular complexity index is 301. The molecule has 0 bridgehead atoms. The first-order valence-electron chi connectivity index (χ1n) is 7.12. The van der Waals surface area contributed by atoms with Crippen LogP contribution < -0.4 is 5.32 Å². The van der Waals surface area contributed by atoms with E-state index in [0.29, 0.717) is 11.9 Å². The van der Waals surface area contributed by atoms with Crippen LogP contribution in [0.2, 0.25) is 0 Å². The SMILES string of the molecule is CCC1NC(C)(CC)C(=O)N1C(C)CC1CC1. The fraction of sp³-hybridized carbons (Fsp3) is 0.929. The lowest BCUT2D eigenvalue weighted by atomic mass is 9.98. The van der Waals surface area contributed by atoms with Crippen LogP contribution in [0.3, 0.4) is 0 Å². The summed E-state index contributed by atoms with van der Waals surface area (Å²) in [6.45, 7) is 8.50. The highest BCUT2D eigenvalue weighted by Crippen LogP contribution is 2.37. The molecule has 0 aromatic heterocycles. The Labute approximate surface area is 105 Å². The number of nitrogens with zero attached hydrogens (tertiary/aromatic N) is 1. The van der Waals surface area contributed by atoms with Crippen molar-refractivity contribution in [1.29, 1.82) is 0 Å². The molecule has 17 heavy (non-hydrogen) atoms. The number of hydrogen-bond acceptors (Lipinski definition) is 2. The zero-order chi connectivity index (χ0) is 12.6. The van der Waals surface area contributed by atoms with Crippen molar-refractivity contribution in [1.82, 2.24) is 10.2 Å². The van der Waals surface area contributed by atoms with Gasteiger partial charge in [-0.1, -0.05) is 26.7 Å². The minimum absolute atomic E-state index is 0.237. The summed E-state index contributed by atoms with van der Waals surface area (Å²) in [4.78, 5) is 14.6. The fourth-order valence-corrected chi connectivity index (χ4v) is 2.93. The van der Waals surface area contributed by atoms with E-state index in [1.807, 2.05) is 6.92 Å². The Hall–Kier alpha value is -0.570. The van der Waals surface area contributed by atoms with Crippen molar-refractivity contribution in [3.05, 3.63) is 0 Å². The highest BCUT2D eigenvalue weighted by atomic mass is 16.2. The van der Waals surface area contributed by atoms with E-state index in [2.05, 4.69) is 31.0 Å². The lowest BCUT2D eigenvalue weighted by Gasteiger charge is -2.30. The van der Waals surface area contributed by atoms with Gasteiger partial charge in [-0.2, -0.15) is 0 Å². The molecule has 2 aliphatic rings. The minimum Gasteiger partial charge on any atom is -0.323 e. The average Bonchev–Trinajstić information content (AvgIpc) is 3.06. The van der Waals surface area contributed by atoms with Crippen LogP contribution in [0.4, 0.5) is 0 Å². The molecule has 1 N–H and O–H groups in total. The van der Waals surface area contributed by atoms with Gasteiger partial charge in [0.25, 0.3) is 0 Å². The third-order valence-electron chi connectivity index (χ3n) is 4.47. The Balaban J connectivity index is 2.09. The van der Waals surface area contributed by atoms with Crippen LogP contribution in [0.25, 0.3) is 0 Å². The highest BCUT2D eigenvalue weighted by molar-refractivity contribution is 5.88. The summed E-state index contributed by atoms with van der Waals surface area (Å²) >= 11 is 0. The Morgan fingerprint density at radius 2 is 2.12 bits per heavy atom. The second-order valence-corrected chi connectivity index (χ2v) is 5.99. The monoisotopic (exact) mass is 238 g/mol. The van der Waals surface area contributed by atoms with Gasteiger partial charge < -0.3 is 4.90 Å². The molecule has 3 nitrogen and oxygen atoms in total. The number of hydrogen-bond donors (Lipinski definition) is 1. The molecule has 2 fully saturated rings. The number of amides is 1. The molecule has 2 rings (SSSR count). The van der Waals surface area contributed by atoms with Crippen molar-refractivity contribution in [2.24, 2.45) is 5.92 Å². The van der Waals surface area contributed by atoms with Crippen molar-refractivity contribution in [3.63, 3.8) is 0 Å². The number of rotatable bonds is 5. The van der Waals surface area contributed by atoms with Crippen molar-refractivity contribution in [2.45, 2.75) is 77.5 Å². The molecule has 1 saturated carbocycles. The van der Waals surface area contributed by atoms with E-state index in [1.54, 1.807) is 0 Å². The first kappa shape index (κ1) is 12.9. The normalized spacial score (nSPS) is 35.4. The molecule has 1 aliphatic carbocycles. The van der Waals surface area contributed by atoms with E-state index in [4.69, 9.17) is 0 Å². The molecule has 1 aliphatic heterocycles. The van der Waals surface area contributed by atoms with Crippen LogP contribution in [-0.2, 0) is 4.79 Å². The van der Waals surface area contributed by atoms with Gasteiger partial charge >= 0.3 is 0 Å². The lowest BCUT2D eigenvalue weighted by molar-refractivity contribution is -0.135. The van der Waals surface area contributed by atoms with Gasteiger partial charge in [-0.15, -0.1) is 0 Å². The molecular weight excluding hydrogens is 212 g/mol. The van der Waals surface area contributed by atoms with Crippen LogP contribution in [0.15, 0.2) is 0 Å². The first-order valence-corrected chi connectivity index (χ1v) is 7.12. The number of carbonyl (C=O) groups is 1. The van der Waals surface area contributed by atoms with Gasteiger partial charge in [0.1, 0.15) is 0 Å². The first-order chi connectivity index (χ1) is 8.01. The highest BCUT2D eigenvalue weighted by Gasteiger charge is 2.48. The van der Waals surface area contributed by atoms with E-state index < -0.39 is 0 Å². The molecule has 3 heteroatoms. The van der Waals surface area contributed by atoms with Gasteiger partial charge in [-0.05, 0) is 39.0 Å². The maximum atomic E-state index is 12.5. The average molecular weight is 238 g/mol. The molecule has 0 aromatic carbocycles. The van der Waals surface area contributed by atoms with E-state index in [1.165, 1.54) is 19.3 Å². The van der Waals surface area contributed by atoms with Crippen molar-refractivity contribution >= 4 is 5.91 Å². The summed E-state index contributed by atoms with van der Waals surface area (Å²) in [6.07, 6.45) is 6.01. The van der Waals surface area contributed by atoms with Crippen LogP contribution in [0, 0.1) is 5.92 Å². The second-order valence-electron chi connectivity index (χ2n) is 5.99. The summed E-state index contributed by atoms with van der Waals surface area (Å²) in [5.41, 5.74) is -0.335. The van der Waals surface area contributed by atoms with E-state index in [-0.39, 0.29) is 11.7 Å². The van der Waals surface area contributed by atoms with Crippen molar-refractivity contribution in [3.8, 4) is 0 Å². The zero-order valence-corrected chi connectivity index (χ0v) is 11.6. The molecule has 0 aromatic rings. The van der Waals surface area contributed by atoms with Gasteiger partial charge in [0, 0.05) is 6.04 Å². The van der Waals surface area contributed by atoms with Crippen molar-refractivity contribution < 1.29 is 4.79 Å². The topological polar surface area (TPSA) is 32.3 Å². The third-order valence-corrected chi connectivity index (χ3v) is 4.47. The molecule has 1 heterocycles. The van der Waals surface area contributed by atoms with E-state index in [0.717, 1.165) is 18.8 Å². The summed E-state index contributed by atoms with van der Waals surface area (Å²) in [5.74, 6) is 1.18. The Morgan fingerprint density at radius 3 is 2.59 bits per heavy atom. The Morgan fingerprint density at radius 1 is 1.47 bits per heavy atom.